The summed E-state index contributed by atoms with van der Waals surface area (Å²) in [5, 5.41) is 0. The second-order valence-electron chi connectivity index (χ2n) is 2.51. The molecule has 0 heterocycles. The smallest absolute Gasteiger partial charge is 0.239 e. The van der Waals surface area contributed by atoms with Crippen LogP contribution in [0.25, 0.3) is 0 Å². The average Bonchev–Trinajstić information content (AvgIpc) is 2.26. The lowest BCUT2D eigenvalue weighted by molar-refractivity contribution is 0.105. The number of Topliss-reactive ketones (excluding diaryl/α,β-unsaturated/α-hetero) is 1. The Hall–Kier alpha value is -1.95. The van der Waals surface area contributed by atoms with E-state index in [9.17, 15) is 4.79 Å². The number of terminal acetylenes is 1. The van der Waals surface area contributed by atoms with E-state index in [0.29, 0.717) is 17.1 Å². The van der Waals surface area contributed by atoms with E-state index >= 15 is 0 Å². The second-order valence-corrected chi connectivity index (χ2v) is 2.51. The molecule has 0 saturated carbocycles. The Balaban J connectivity index is 3.30. The summed E-state index contributed by atoms with van der Waals surface area (Å²) in [5.74, 6) is 2.48. The van der Waals surface area contributed by atoms with Crippen LogP contribution in [0.5, 0.6) is 11.5 Å². The number of para-hydroxylation sites is 1. The fourth-order valence-electron chi connectivity index (χ4n) is 1.14. The molecular weight excluding hydrogens is 180 g/mol. The fourth-order valence-corrected chi connectivity index (χ4v) is 1.14. The van der Waals surface area contributed by atoms with Crippen LogP contribution in [0.3, 0.4) is 0 Å². The van der Waals surface area contributed by atoms with Gasteiger partial charge in [-0.25, -0.2) is 0 Å². The molecule has 0 aliphatic heterocycles. The van der Waals surface area contributed by atoms with Crippen LogP contribution in [-0.2, 0) is 0 Å². The van der Waals surface area contributed by atoms with Gasteiger partial charge in [0.2, 0.25) is 5.78 Å². The largest absolute Gasteiger partial charge is 0.493 e. The molecule has 72 valence electrons. The topological polar surface area (TPSA) is 35.5 Å². The second kappa shape index (κ2) is 4.33. The molecule has 1 rings (SSSR count). The fraction of sp³-hybridized carbons (Fsp3) is 0.182. The summed E-state index contributed by atoms with van der Waals surface area (Å²) in [7, 11) is 2.97. The lowest BCUT2D eigenvalue weighted by Gasteiger charge is -2.09. The Bertz CT molecular complexity index is 388. The molecule has 3 heteroatoms. The van der Waals surface area contributed by atoms with Crippen LogP contribution in [0, 0.1) is 12.3 Å². The van der Waals surface area contributed by atoms with E-state index in [0.717, 1.165) is 0 Å². The van der Waals surface area contributed by atoms with E-state index in [4.69, 9.17) is 15.9 Å². The zero-order chi connectivity index (χ0) is 10.6. The van der Waals surface area contributed by atoms with Crippen LogP contribution in [0.15, 0.2) is 18.2 Å². The van der Waals surface area contributed by atoms with Crippen molar-refractivity contribution in [3.05, 3.63) is 23.8 Å². The predicted molar refractivity (Wildman–Crippen MR) is 52.7 cm³/mol. The highest BCUT2D eigenvalue weighted by molar-refractivity contribution is 6.10. The monoisotopic (exact) mass is 190 g/mol. The summed E-state index contributed by atoms with van der Waals surface area (Å²) in [5.41, 5.74) is 0.342. The molecule has 0 aliphatic carbocycles. The normalized spacial score (nSPS) is 8.93. The van der Waals surface area contributed by atoms with E-state index in [1.165, 1.54) is 14.2 Å². The number of rotatable bonds is 3. The Morgan fingerprint density at radius 2 is 2.07 bits per heavy atom. The molecular formula is C11H10O3. The zero-order valence-corrected chi connectivity index (χ0v) is 8.03. The summed E-state index contributed by atoms with van der Waals surface area (Å²) in [6.07, 6.45) is 5.02. The van der Waals surface area contributed by atoms with Gasteiger partial charge in [-0.2, -0.15) is 0 Å². The maximum Gasteiger partial charge on any atom is 0.239 e. The molecule has 1 aromatic rings. The van der Waals surface area contributed by atoms with Crippen molar-refractivity contribution in [2.75, 3.05) is 14.2 Å². The number of carbonyl (C=O) groups excluding carboxylic acids is 1. The van der Waals surface area contributed by atoms with Crippen LogP contribution >= 0.6 is 0 Å². The minimum atomic E-state index is -0.416. The van der Waals surface area contributed by atoms with Crippen molar-refractivity contribution in [3.63, 3.8) is 0 Å². The molecule has 0 fully saturated rings. The van der Waals surface area contributed by atoms with Crippen molar-refractivity contribution in [1.29, 1.82) is 0 Å². The van der Waals surface area contributed by atoms with Gasteiger partial charge in [0.15, 0.2) is 11.5 Å². The Kier molecular flexibility index (Phi) is 3.14. The summed E-state index contributed by atoms with van der Waals surface area (Å²) in [6, 6.07) is 4.99. The van der Waals surface area contributed by atoms with Gasteiger partial charge in [-0.1, -0.05) is 6.07 Å². The molecule has 0 N–H and O–H groups in total. The van der Waals surface area contributed by atoms with Gasteiger partial charge < -0.3 is 9.47 Å². The lowest BCUT2D eigenvalue weighted by atomic mass is 10.1. The molecule has 0 aromatic heterocycles. The van der Waals surface area contributed by atoms with Gasteiger partial charge in [0.1, 0.15) is 0 Å². The van der Waals surface area contributed by atoms with Crippen molar-refractivity contribution >= 4 is 5.78 Å². The number of benzene rings is 1. The maximum atomic E-state index is 11.3. The first-order valence-electron chi connectivity index (χ1n) is 3.96. The highest BCUT2D eigenvalue weighted by atomic mass is 16.5. The van der Waals surface area contributed by atoms with Crippen molar-refractivity contribution in [1.82, 2.24) is 0 Å². The SMILES string of the molecule is C#CC(=O)c1cccc(OC)c1OC. The Morgan fingerprint density at radius 3 is 2.57 bits per heavy atom. The van der Waals surface area contributed by atoms with Crippen LogP contribution < -0.4 is 9.47 Å². The van der Waals surface area contributed by atoms with Gasteiger partial charge in [-0.15, -0.1) is 6.42 Å². The van der Waals surface area contributed by atoms with Gasteiger partial charge in [0.05, 0.1) is 19.8 Å². The maximum absolute atomic E-state index is 11.3. The molecule has 14 heavy (non-hydrogen) atoms. The number of ketones is 1. The standard InChI is InChI=1S/C11H10O3/c1-4-9(12)8-6-5-7-10(13-2)11(8)14-3/h1,5-7H,2-3H3. The van der Waals surface area contributed by atoms with E-state index in [-0.39, 0.29) is 0 Å². The van der Waals surface area contributed by atoms with Gasteiger partial charge in [0.25, 0.3) is 0 Å². The first-order valence-corrected chi connectivity index (χ1v) is 3.96. The quantitative estimate of drug-likeness (QED) is 0.412. The van der Waals surface area contributed by atoms with Gasteiger partial charge in [0, 0.05) is 0 Å². The summed E-state index contributed by atoms with van der Waals surface area (Å²) in [6.45, 7) is 0. The third kappa shape index (κ3) is 1.69. The molecule has 0 atom stereocenters. The molecule has 0 radical (unpaired) electrons. The van der Waals surface area contributed by atoms with Crippen LogP contribution in [0.4, 0.5) is 0 Å². The predicted octanol–water partition coefficient (Wildman–Crippen LogP) is 1.52. The summed E-state index contributed by atoms with van der Waals surface area (Å²) in [4.78, 5) is 11.3. The minimum absolute atomic E-state index is 0.342. The Labute approximate surface area is 82.6 Å². The van der Waals surface area contributed by atoms with Crippen molar-refractivity contribution in [2.45, 2.75) is 0 Å². The third-order valence-corrected chi connectivity index (χ3v) is 1.78. The van der Waals surface area contributed by atoms with Crippen LogP contribution in [0.1, 0.15) is 10.4 Å². The zero-order valence-electron chi connectivity index (χ0n) is 8.03. The first-order chi connectivity index (χ1) is 6.74. The van der Waals surface area contributed by atoms with Gasteiger partial charge in [-0.3, -0.25) is 4.79 Å². The highest BCUT2D eigenvalue weighted by Gasteiger charge is 2.13. The number of hydrogen-bond acceptors (Lipinski definition) is 3. The molecule has 1 aromatic carbocycles. The summed E-state index contributed by atoms with van der Waals surface area (Å²) < 4.78 is 10.1. The minimum Gasteiger partial charge on any atom is -0.493 e. The van der Waals surface area contributed by atoms with E-state index < -0.39 is 5.78 Å². The molecule has 0 bridgehead atoms. The van der Waals surface area contributed by atoms with E-state index in [1.54, 1.807) is 18.2 Å². The number of hydrogen-bond donors (Lipinski definition) is 0. The van der Waals surface area contributed by atoms with E-state index in [1.807, 2.05) is 5.92 Å². The average molecular weight is 190 g/mol. The molecule has 0 saturated heterocycles. The number of methoxy groups -OCH3 is 2. The third-order valence-electron chi connectivity index (χ3n) is 1.78. The van der Waals surface area contributed by atoms with Crippen molar-refractivity contribution in [3.8, 4) is 23.8 Å². The molecule has 3 nitrogen and oxygen atoms in total. The first kappa shape index (κ1) is 10.1. The van der Waals surface area contributed by atoms with Crippen molar-refractivity contribution in [2.24, 2.45) is 0 Å². The number of carbonyl (C=O) groups is 1. The molecule has 0 aliphatic rings. The molecule has 0 spiro atoms. The number of ether oxygens (including phenoxy) is 2. The lowest BCUT2D eigenvalue weighted by Crippen LogP contribution is -2.00. The highest BCUT2D eigenvalue weighted by Crippen LogP contribution is 2.30. The summed E-state index contributed by atoms with van der Waals surface area (Å²) >= 11 is 0. The van der Waals surface area contributed by atoms with Crippen molar-refractivity contribution < 1.29 is 14.3 Å². The molecule has 0 unspecified atom stereocenters. The van der Waals surface area contributed by atoms with Gasteiger partial charge >= 0.3 is 0 Å². The molecule has 0 amide bonds. The van der Waals surface area contributed by atoms with Crippen LogP contribution in [-0.4, -0.2) is 20.0 Å². The Morgan fingerprint density at radius 1 is 1.36 bits per heavy atom. The van der Waals surface area contributed by atoms with Crippen LogP contribution in [0.2, 0.25) is 0 Å². The van der Waals surface area contributed by atoms with E-state index in [2.05, 4.69) is 0 Å². The van der Waals surface area contributed by atoms with Gasteiger partial charge in [-0.05, 0) is 18.1 Å².